The fourth-order valence-electron chi connectivity index (χ4n) is 4.88. The average Bonchev–Trinajstić information content (AvgIpc) is 3.08. The Morgan fingerprint density at radius 2 is 1.67 bits per heavy atom. The zero-order valence-electron chi connectivity index (χ0n) is 20.6. The zero-order valence-corrected chi connectivity index (χ0v) is 20.6. The van der Waals surface area contributed by atoms with Gasteiger partial charge in [-0.05, 0) is 76.5 Å². The summed E-state index contributed by atoms with van der Waals surface area (Å²) in [6.45, 7) is 4.24. The van der Waals surface area contributed by atoms with Crippen LogP contribution in [0.25, 0.3) is 0 Å². The molecular weight excluding hydrogens is 414 g/mol. The first-order chi connectivity index (χ1) is 16.0. The largest absolute Gasteiger partial charge is 0.496 e. The maximum absolute atomic E-state index is 5.40. The maximum Gasteiger partial charge on any atom is 0.233 e. The fourth-order valence-corrected chi connectivity index (χ4v) is 4.88. The summed E-state index contributed by atoms with van der Waals surface area (Å²) in [6, 6.07) is 6.88. The molecule has 0 amide bonds. The first-order valence-electron chi connectivity index (χ1n) is 12.4. The molecule has 2 aromatic rings. The van der Waals surface area contributed by atoms with Crippen molar-refractivity contribution >= 4 is 23.5 Å². The smallest absolute Gasteiger partial charge is 0.233 e. The standard InChI is InChI=1S/C25H39N7O/c1-18-17-20(11-12-22(18)33-4)27-24-28-23(26-19-9-7-5-6-8-10-19)29-25(30-24)32(3)21-13-15-31(2)16-14-21/h11-12,17,19,21H,5-10,13-16H2,1-4H3,(H2,26,27,28,29,30). The highest BCUT2D eigenvalue weighted by molar-refractivity contribution is 5.59. The number of hydrogen-bond acceptors (Lipinski definition) is 8. The molecule has 2 N–H and O–H groups in total. The van der Waals surface area contributed by atoms with Crippen molar-refractivity contribution < 1.29 is 4.74 Å². The first kappa shape index (κ1) is 23.5. The Labute approximate surface area is 198 Å². The Morgan fingerprint density at radius 3 is 2.33 bits per heavy atom. The molecule has 1 saturated heterocycles. The van der Waals surface area contributed by atoms with Gasteiger partial charge >= 0.3 is 0 Å². The molecule has 1 aromatic carbocycles. The van der Waals surface area contributed by atoms with Crippen LogP contribution < -0.4 is 20.3 Å². The Morgan fingerprint density at radius 1 is 0.970 bits per heavy atom. The number of methoxy groups -OCH3 is 1. The van der Waals surface area contributed by atoms with E-state index in [9.17, 15) is 0 Å². The van der Waals surface area contributed by atoms with E-state index in [0.29, 0.717) is 24.0 Å². The van der Waals surface area contributed by atoms with Crippen molar-refractivity contribution in [2.45, 2.75) is 70.4 Å². The Kier molecular flexibility index (Phi) is 7.85. The van der Waals surface area contributed by atoms with Crippen LogP contribution in [-0.4, -0.2) is 66.2 Å². The van der Waals surface area contributed by atoms with E-state index >= 15 is 0 Å². The molecule has 2 heterocycles. The van der Waals surface area contributed by atoms with Crippen molar-refractivity contribution in [3.63, 3.8) is 0 Å². The Hall–Kier alpha value is -2.61. The molecule has 0 spiro atoms. The van der Waals surface area contributed by atoms with Crippen LogP contribution in [-0.2, 0) is 0 Å². The van der Waals surface area contributed by atoms with Gasteiger partial charge in [0.1, 0.15) is 5.75 Å². The highest BCUT2D eigenvalue weighted by atomic mass is 16.5. The Balaban J connectivity index is 1.58. The van der Waals surface area contributed by atoms with Gasteiger partial charge in [0.25, 0.3) is 0 Å². The summed E-state index contributed by atoms with van der Waals surface area (Å²) in [7, 11) is 5.99. The summed E-state index contributed by atoms with van der Waals surface area (Å²) >= 11 is 0. The second-order valence-corrected chi connectivity index (χ2v) is 9.57. The van der Waals surface area contributed by atoms with Crippen LogP contribution in [0.1, 0.15) is 56.9 Å². The molecule has 1 aliphatic carbocycles. The number of nitrogens with one attached hydrogen (secondary N) is 2. The minimum atomic E-state index is 0.424. The van der Waals surface area contributed by atoms with Crippen LogP contribution in [0.15, 0.2) is 18.2 Å². The molecule has 0 bridgehead atoms. The van der Waals surface area contributed by atoms with Gasteiger partial charge in [0, 0.05) is 24.8 Å². The van der Waals surface area contributed by atoms with Gasteiger partial charge in [0.2, 0.25) is 17.8 Å². The molecular formula is C25H39N7O. The highest BCUT2D eigenvalue weighted by Gasteiger charge is 2.24. The number of ether oxygens (including phenoxy) is 1. The molecule has 0 atom stereocenters. The van der Waals surface area contributed by atoms with Crippen LogP contribution in [0.4, 0.5) is 23.5 Å². The minimum Gasteiger partial charge on any atom is -0.496 e. The number of likely N-dealkylation sites (tertiary alicyclic amines) is 1. The highest BCUT2D eigenvalue weighted by Crippen LogP contribution is 2.26. The quantitative estimate of drug-likeness (QED) is 0.589. The summed E-state index contributed by atoms with van der Waals surface area (Å²) in [5.74, 6) is 2.83. The van der Waals surface area contributed by atoms with Crippen molar-refractivity contribution in [2.24, 2.45) is 0 Å². The van der Waals surface area contributed by atoms with Gasteiger partial charge in [-0.25, -0.2) is 0 Å². The topological polar surface area (TPSA) is 78.4 Å². The van der Waals surface area contributed by atoms with Gasteiger partial charge in [0.15, 0.2) is 0 Å². The van der Waals surface area contributed by atoms with Crippen molar-refractivity contribution in [2.75, 3.05) is 49.8 Å². The van der Waals surface area contributed by atoms with Crippen molar-refractivity contribution in [3.8, 4) is 5.75 Å². The lowest BCUT2D eigenvalue weighted by molar-refractivity contribution is 0.252. The monoisotopic (exact) mass is 453 g/mol. The molecule has 0 radical (unpaired) electrons. The number of hydrogen-bond donors (Lipinski definition) is 2. The van der Waals surface area contributed by atoms with Crippen LogP contribution in [0.3, 0.4) is 0 Å². The lowest BCUT2D eigenvalue weighted by atomic mass is 10.0. The van der Waals surface area contributed by atoms with Gasteiger partial charge in [-0.2, -0.15) is 15.0 Å². The number of anilines is 4. The molecule has 33 heavy (non-hydrogen) atoms. The second kappa shape index (κ2) is 11.0. The zero-order chi connectivity index (χ0) is 23.2. The van der Waals surface area contributed by atoms with Crippen LogP contribution >= 0.6 is 0 Å². The lowest BCUT2D eigenvalue weighted by Gasteiger charge is -2.35. The predicted octanol–water partition coefficient (Wildman–Crippen LogP) is 4.60. The van der Waals surface area contributed by atoms with E-state index in [4.69, 9.17) is 19.7 Å². The van der Waals surface area contributed by atoms with E-state index in [2.05, 4.69) is 40.6 Å². The van der Waals surface area contributed by atoms with E-state index in [0.717, 1.165) is 48.9 Å². The molecule has 8 heteroatoms. The molecule has 1 aromatic heterocycles. The van der Waals surface area contributed by atoms with Gasteiger partial charge in [-0.1, -0.05) is 25.7 Å². The second-order valence-electron chi connectivity index (χ2n) is 9.57. The molecule has 2 fully saturated rings. The summed E-state index contributed by atoms with van der Waals surface area (Å²) in [6.07, 6.45) is 9.75. The number of piperidine rings is 1. The SMILES string of the molecule is COc1ccc(Nc2nc(NC3CCCCCC3)nc(N(C)C3CCN(C)CC3)n2)cc1C. The molecule has 4 rings (SSSR count). The third-order valence-corrected chi connectivity index (χ3v) is 7.01. The van der Waals surface area contributed by atoms with Crippen molar-refractivity contribution in [1.82, 2.24) is 19.9 Å². The molecule has 8 nitrogen and oxygen atoms in total. The molecule has 180 valence electrons. The fraction of sp³-hybridized carbons (Fsp3) is 0.640. The van der Waals surface area contributed by atoms with Gasteiger partial charge in [0.05, 0.1) is 7.11 Å². The molecule has 2 aliphatic rings. The van der Waals surface area contributed by atoms with Gasteiger partial charge in [-0.15, -0.1) is 0 Å². The molecule has 0 unspecified atom stereocenters. The number of rotatable bonds is 7. The third-order valence-electron chi connectivity index (χ3n) is 7.01. The number of aromatic nitrogens is 3. The first-order valence-corrected chi connectivity index (χ1v) is 12.4. The van der Waals surface area contributed by atoms with E-state index in [1.54, 1.807) is 7.11 Å². The van der Waals surface area contributed by atoms with E-state index in [1.165, 1.54) is 38.5 Å². The van der Waals surface area contributed by atoms with Gasteiger partial charge in [-0.3, -0.25) is 0 Å². The van der Waals surface area contributed by atoms with Crippen molar-refractivity contribution in [1.29, 1.82) is 0 Å². The summed E-state index contributed by atoms with van der Waals surface area (Å²) < 4.78 is 5.40. The van der Waals surface area contributed by atoms with Crippen LogP contribution in [0, 0.1) is 6.92 Å². The number of nitrogens with zero attached hydrogens (tertiary/aromatic N) is 5. The summed E-state index contributed by atoms with van der Waals surface area (Å²) in [4.78, 5) is 19.0. The third kappa shape index (κ3) is 6.25. The summed E-state index contributed by atoms with van der Waals surface area (Å²) in [5, 5.41) is 7.02. The lowest BCUT2D eigenvalue weighted by Crippen LogP contribution is -2.42. The number of aryl methyl sites for hydroxylation is 1. The van der Waals surface area contributed by atoms with E-state index in [1.807, 2.05) is 19.1 Å². The average molecular weight is 454 g/mol. The molecule has 1 aliphatic heterocycles. The number of benzene rings is 1. The van der Waals surface area contributed by atoms with E-state index in [-0.39, 0.29) is 0 Å². The van der Waals surface area contributed by atoms with E-state index < -0.39 is 0 Å². The maximum atomic E-state index is 5.40. The van der Waals surface area contributed by atoms with Crippen LogP contribution in [0.2, 0.25) is 0 Å². The normalized spacial score (nSPS) is 18.5. The molecule has 1 saturated carbocycles. The summed E-state index contributed by atoms with van der Waals surface area (Å²) in [5.41, 5.74) is 2.00. The Bertz CT molecular complexity index is 906. The van der Waals surface area contributed by atoms with Crippen molar-refractivity contribution in [3.05, 3.63) is 23.8 Å². The predicted molar refractivity (Wildman–Crippen MR) is 135 cm³/mol. The van der Waals surface area contributed by atoms with Crippen LogP contribution in [0.5, 0.6) is 5.75 Å². The minimum absolute atomic E-state index is 0.424. The van der Waals surface area contributed by atoms with Gasteiger partial charge < -0.3 is 25.2 Å².